The van der Waals surface area contributed by atoms with Gasteiger partial charge in [0.1, 0.15) is 11.6 Å². The zero-order chi connectivity index (χ0) is 10.8. The number of rotatable bonds is 2. The minimum atomic E-state index is -0.282. The third kappa shape index (κ3) is 2.48. The van der Waals surface area contributed by atoms with Crippen molar-refractivity contribution in [1.29, 1.82) is 0 Å². The summed E-state index contributed by atoms with van der Waals surface area (Å²) in [6, 6.07) is 4.12. The van der Waals surface area contributed by atoms with Crippen molar-refractivity contribution >= 4 is 0 Å². The molecule has 0 radical (unpaired) electrons. The molecule has 1 saturated heterocycles. The molecule has 1 aliphatic rings. The molecule has 82 valence electrons. The van der Waals surface area contributed by atoms with Gasteiger partial charge in [0, 0.05) is 18.7 Å². The van der Waals surface area contributed by atoms with Crippen molar-refractivity contribution in [3.63, 3.8) is 0 Å². The van der Waals surface area contributed by atoms with E-state index < -0.39 is 0 Å². The van der Waals surface area contributed by atoms with Crippen molar-refractivity contribution in [3.8, 4) is 5.75 Å². The zero-order valence-corrected chi connectivity index (χ0v) is 8.91. The highest BCUT2D eigenvalue weighted by Gasteiger charge is 2.19. The molecule has 0 saturated carbocycles. The lowest BCUT2D eigenvalue weighted by atomic mass is 10.1. The van der Waals surface area contributed by atoms with Crippen LogP contribution in [0.5, 0.6) is 5.75 Å². The Morgan fingerprint density at radius 2 is 2.33 bits per heavy atom. The molecule has 0 aromatic heterocycles. The van der Waals surface area contributed by atoms with Crippen molar-refractivity contribution in [1.82, 2.24) is 4.90 Å². The van der Waals surface area contributed by atoms with Crippen LogP contribution in [0.2, 0.25) is 0 Å². The smallest absolute Gasteiger partial charge is 0.123 e. The second-order valence-corrected chi connectivity index (χ2v) is 4.40. The first-order valence-electron chi connectivity index (χ1n) is 5.35. The highest BCUT2D eigenvalue weighted by Crippen LogP contribution is 2.23. The van der Waals surface area contributed by atoms with Crippen molar-refractivity contribution in [2.75, 3.05) is 13.1 Å². The van der Waals surface area contributed by atoms with Crippen LogP contribution in [0.3, 0.4) is 0 Å². The van der Waals surface area contributed by atoms with Gasteiger partial charge in [-0.3, -0.25) is 4.90 Å². The summed E-state index contributed by atoms with van der Waals surface area (Å²) < 4.78 is 13.0. The second kappa shape index (κ2) is 4.19. The third-order valence-corrected chi connectivity index (χ3v) is 2.94. The van der Waals surface area contributed by atoms with E-state index in [4.69, 9.17) is 0 Å². The van der Waals surface area contributed by atoms with Gasteiger partial charge in [-0.25, -0.2) is 4.39 Å². The van der Waals surface area contributed by atoms with Gasteiger partial charge in [0.25, 0.3) is 0 Å². The van der Waals surface area contributed by atoms with Crippen LogP contribution in [0.1, 0.15) is 18.9 Å². The van der Waals surface area contributed by atoms with E-state index in [1.807, 2.05) is 0 Å². The van der Waals surface area contributed by atoms with Gasteiger partial charge in [0.15, 0.2) is 0 Å². The largest absolute Gasteiger partial charge is 0.508 e. The van der Waals surface area contributed by atoms with E-state index in [2.05, 4.69) is 11.8 Å². The summed E-state index contributed by atoms with van der Waals surface area (Å²) in [6.07, 6.45) is 1.19. The maximum atomic E-state index is 13.0. The standard InChI is InChI=1S/C12H16FNO/c1-9-4-5-14(7-9)8-10-6-11(13)2-3-12(10)15/h2-3,6,9,15H,4-5,7-8H2,1H3. The molecule has 3 heteroatoms. The number of hydrogen-bond acceptors (Lipinski definition) is 2. The minimum Gasteiger partial charge on any atom is -0.508 e. The summed E-state index contributed by atoms with van der Waals surface area (Å²) in [7, 11) is 0. The molecule has 2 rings (SSSR count). The molecule has 0 aliphatic carbocycles. The Kier molecular flexibility index (Phi) is 2.91. The van der Waals surface area contributed by atoms with E-state index >= 15 is 0 Å². The van der Waals surface area contributed by atoms with Gasteiger partial charge in [0.2, 0.25) is 0 Å². The van der Waals surface area contributed by atoms with Gasteiger partial charge in [-0.2, -0.15) is 0 Å². The van der Waals surface area contributed by atoms with Crippen LogP contribution in [0.25, 0.3) is 0 Å². The number of hydrogen-bond donors (Lipinski definition) is 1. The fraction of sp³-hybridized carbons (Fsp3) is 0.500. The number of halogens is 1. The maximum absolute atomic E-state index is 13.0. The summed E-state index contributed by atoms with van der Waals surface area (Å²) in [4.78, 5) is 2.25. The van der Waals surface area contributed by atoms with E-state index in [1.165, 1.54) is 24.6 Å². The molecule has 2 nitrogen and oxygen atoms in total. The van der Waals surface area contributed by atoms with Crippen LogP contribution < -0.4 is 0 Å². The zero-order valence-electron chi connectivity index (χ0n) is 8.91. The van der Waals surface area contributed by atoms with E-state index in [0.29, 0.717) is 18.0 Å². The molecule has 1 aromatic carbocycles. The molecule has 1 aliphatic heterocycles. The molecule has 1 heterocycles. The SMILES string of the molecule is CC1CCN(Cc2cc(F)ccc2O)C1. The predicted molar refractivity (Wildman–Crippen MR) is 57.1 cm³/mol. The average Bonchev–Trinajstić information content (AvgIpc) is 2.58. The highest BCUT2D eigenvalue weighted by molar-refractivity contribution is 5.32. The summed E-state index contributed by atoms with van der Waals surface area (Å²) >= 11 is 0. The van der Waals surface area contributed by atoms with Gasteiger partial charge < -0.3 is 5.11 Å². The Morgan fingerprint density at radius 1 is 1.53 bits per heavy atom. The molecular formula is C12H16FNO. The first kappa shape index (κ1) is 10.4. The van der Waals surface area contributed by atoms with E-state index in [-0.39, 0.29) is 11.6 Å². The predicted octanol–water partition coefficient (Wildman–Crippen LogP) is 2.37. The van der Waals surface area contributed by atoms with E-state index in [1.54, 1.807) is 0 Å². The Labute approximate surface area is 89.3 Å². The van der Waals surface area contributed by atoms with E-state index in [0.717, 1.165) is 13.1 Å². The van der Waals surface area contributed by atoms with Crippen molar-refractivity contribution < 1.29 is 9.50 Å². The van der Waals surface area contributed by atoms with Crippen LogP contribution in [0, 0.1) is 11.7 Å². The fourth-order valence-corrected chi connectivity index (χ4v) is 2.09. The summed E-state index contributed by atoms with van der Waals surface area (Å²) in [5.74, 6) is 0.617. The molecule has 1 unspecified atom stereocenters. The molecule has 1 N–H and O–H groups in total. The average molecular weight is 209 g/mol. The molecule has 1 atom stereocenters. The number of phenolic OH excluding ortho intramolecular Hbond substituents is 1. The molecular weight excluding hydrogens is 193 g/mol. The summed E-state index contributed by atoms with van der Waals surface area (Å²) in [6.45, 7) is 4.94. The normalized spacial score (nSPS) is 22.1. The van der Waals surface area contributed by atoms with Crippen molar-refractivity contribution in [3.05, 3.63) is 29.6 Å². The Bertz CT molecular complexity index is 353. The summed E-state index contributed by atoms with van der Waals surface area (Å²) in [5.41, 5.74) is 0.684. The second-order valence-electron chi connectivity index (χ2n) is 4.40. The molecule has 0 spiro atoms. The van der Waals surface area contributed by atoms with Crippen LogP contribution >= 0.6 is 0 Å². The topological polar surface area (TPSA) is 23.5 Å². The van der Waals surface area contributed by atoms with Crippen LogP contribution in [0.4, 0.5) is 4.39 Å². The maximum Gasteiger partial charge on any atom is 0.123 e. The minimum absolute atomic E-state index is 0.191. The van der Waals surface area contributed by atoms with Crippen LogP contribution in [-0.4, -0.2) is 23.1 Å². The number of nitrogens with zero attached hydrogens (tertiary/aromatic N) is 1. The molecule has 1 aromatic rings. The Hall–Kier alpha value is -1.09. The monoisotopic (exact) mass is 209 g/mol. The van der Waals surface area contributed by atoms with Gasteiger partial charge in [-0.15, -0.1) is 0 Å². The van der Waals surface area contributed by atoms with Gasteiger partial charge in [-0.1, -0.05) is 6.92 Å². The number of benzene rings is 1. The molecule has 0 amide bonds. The van der Waals surface area contributed by atoms with Crippen molar-refractivity contribution in [2.24, 2.45) is 5.92 Å². The molecule has 15 heavy (non-hydrogen) atoms. The van der Waals surface area contributed by atoms with Crippen LogP contribution in [0.15, 0.2) is 18.2 Å². The number of likely N-dealkylation sites (tertiary alicyclic amines) is 1. The third-order valence-electron chi connectivity index (χ3n) is 2.94. The Morgan fingerprint density at radius 3 is 3.00 bits per heavy atom. The van der Waals surface area contributed by atoms with Crippen molar-refractivity contribution in [2.45, 2.75) is 19.9 Å². The van der Waals surface area contributed by atoms with Gasteiger partial charge in [0.05, 0.1) is 0 Å². The lowest BCUT2D eigenvalue weighted by Gasteiger charge is -2.16. The first-order chi connectivity index (χ1) is 7.15. The highest BCUT2D eigenvalue weighted by atomic mass is 19.1. The lowest BCUT2D eigenvalue weighted by molar-refractivity contribution is 0.313. The molecule has 0 bridgehead atoms. The van der Waals surface area contributed by atoms with Gasteiger partial charge in [-0.05, 0) is 37.1 Å². The van der Waals surface area contributed by atoms with Gasteiger partial charge >= 0.3 is 0 Å². The number of phenols is 1. The lowest BCUT2D eigenvalue weighted by Crippen LogP contribution is -2.19. The van der Waals surface area contributed by atoms with Crippen LogP contribution in [-0.2, 0) is 6.54 Å². The Balaban J connectivity index is 2.07. The first-order valence-corrected chi connectivity index (χ1v) is 5.35. The fourth-order valence-electron chi connectivity index (χ4n) is 2.09. The number of aromatic hydroxyl groups is 1. The summed E-state index contributed by atoms with van der Waals surface area (Å²) in [5, 5.41) is 9.57. The van der Waals surface area contributed by atoms with E-state index in [9.17, 15) is 9.50 Å². The quantitative estimate of drug-likeness (QED) is 0.808. The molecule has 1 fully saturated rings.